The van der Waals surface area contributed by atoms with Gasteiger partial charge in [-0.3, -0.25) is 9.88 Å². The largest absolute Gasteiger partial charge is 0.489 e. The minimum Gasteiger partial charge on any atom is -0.489 e. The van der Waals surface area contributed by atoms with Crippen LogP contribution in [0.3, 0.4) is 0 Å². The molecule has 0 aliphatic carbocycles. The van der Waals surface area contributed by atoms with Gasteiger partial charge in [-0.2, -0.15) is 0 Å². The van der Waals surface area contributed by atoms with Gasteiger partial charge < -0.3 is 10.1 Å². The van der Waals surface area contributed by atoms with Gasteiger partial charge in [0.25, 0.3) is 0 Å². The Morgan fingerprint density at radius 3 is 2.58 bits per heavy atom. The zero-order chi connectivity index (χ0) is 23.0. The number of piperidine rings is 1. The summed E-state index contributed by atoms with van der Waals surface area (Å²) in [5.74, 6) is -0.509. The Balaban J connectivity index is 1.25. The predicted octanol–water partition coefficient (Wildman–Crippen LogP) is 5.48. The van der Waals surface area contributed by atoms with Crippen LogP contribution in [0.5, 0.6) is 5.75 Å². The van der Waals surface area contributed by atoms with E-state index in [9.17, 15) is 8.78 Å². The van der Waals surface area contributed by atoms with E-state index in [2.05, 4.69) is 15.2 Å². The minimum atomic E-state index is -0.538. The molecule has 1 aliphatic rings. The summed E-state index contributed by atoms with van der Waals surface area (Å²) in [6.45, 7) is 3.83. The summed E-state index contributed by atoms with van der Waals surface area (Å²) in [7, 11) is 0. The maximum Gasteiger partial charge on any atom is 0.165 e. The van der Waals surface area contributed by atoms with Crippen molar-refractivity contribution >= 4 is 11.6 Å². The lowest BCUT2D eigenvalue weighted by molar-refractivity contribution is 0.151. The van der Waals surface area contributed by atoms with Gasteiger partial charge in [-0.1, -0.05) is 29.8 Å². The Hall–Kier alpha value is -2.54. The second kappa shape index (κ2) is 11.5. The first-order chi connectivity index (χ1) is 16.1. The zero-order valence-electron chi connectivity index (χ0n) is 18.4. The van der Waals surface area contributed by atoms with Crippen molar-refractivity contribution in [2.24, 2.45) is 5.92 Å². The Kier molecular flexibility index (Phi) is 8.26. The fourth-order valence-corrected chi connectivity index (χ4v) is 4.29. The van der Waals surface area contributed by atoms with E-state index in [-0.39, 0.29) is 11.8 Å². The van der Waals surface area contributed by atoms with Crippen molar-refractivity contribution in [2.45, 2.75) is 18.9 Å². The quantitative estimate of drug-likeness (QED) is 0.448. The average molecular weight is 472 g/mol. The standard InChI is InChI=1S/C26H28ClF2N3O/c27-21-6-4-20(5-7-21)26(24-3-1-2-12-30-24)31-18-19-10-13-32(14-11-19)15-16-33-25-17-22(28)8-9-23(25)29/h1-9,12,17,19,26,31H,10-11,13-16,18H2/t26-/m0/s1. The molecule has 1 atom stereocenters. The molecule has 2 heterocycles. The number of aromatic nitrogens is 1. The average Bonchev–Trinajstić information content (AvgIpc) is 2.84. The van der Waals surface area contributed by atoms with Crippen LogP contribution < -0.4 is 10.1 Å². The summed E-state index contributed by atoms with van der Waals surface area (Å²) < 4.78 is 32.4. The van der Waals surface area contributed by atoms with E-state index in [1.807, 2.05) is 48.7 Å². The number of likely N-dealkylation sites (tertiary alicyclic amines) is 1. The number of rotatable bonds is 9. The van der Waals surface area contributed by atoms with Gasteiger partial charge in [-0.05, 0) is 80.4 Å². The molecule has 0 saturated carbocycles. The number of hydrogen-bond acceptors (Lipinski definition) is 4. The number of pyridine rings is 1. The van der Waals surface area contributed by atoms with Gasteiger partial charge in [0, 0.05) is 23.8 Å². The molecule has 2 aromatic carbocycles. The monoisotopic (exact) mass is 471 g/mol. The smallest absolute Gasteiger partial charge is 0.165 e. The number of hydrogen-bond donors (Lipinski definition) is 1. The highest BCUT2D eigenvalue weighted by Crippen LogP contribution is 2.24. The van der Waals surface area contributed by atoms with Gasteiger partial charge in [0.05, 0.1) is 11.7 Å². The maximum atomic E-state index is 13.7. The summed E-state index contributed by atoms with van der Waals surface area (Å²) in [4.78, 5) is 6.86. The third kappa shape index (κ3) is 6.73. The molecule has 4 rings (SSSR count). The highest BCUT2D eigenvalue weighted by Gasteiger charge is 2.22. The molecule has 1 saturated heterocycles. The molecule has 4 nitrogen and oxygen atoms in total. The van der Waals surface area contributed by atoms with Gasteiger partial charge >= 0.3 is 0 Å². The van der Waals surface area contributed by atoms with Gasteiger partial charge in [0.1, 0.15) is 12.4 Å². The molecule has 0 radical (unpaired) electrons. The number of ether oxygens (including phenoxy) is 1. The molecule has 3 aromatic rings. The van der Waals surface area contributed by atoms with Crippen LogP contribution in [0.4, 0.5) is 8.78 Å². The summed E-state index contributed by atoms with van der Waals surface area (Å²) in [6.07, 6.45) is 3.95. The number of benzene rings is 2. The lowest BCUT2D eigenvalue weighted by atomic mass is 9.95. The van der Waals surface area contributed by atoms with E-state index in [0.29, 0.717) is 19.1 Å². The molecule has 1 aliphatic heterocycles. The first-order valence-electron chi connectivity index (χ1n) is 11.3. The van der Waals surface area contributed by atoms with Crippen molar-refractivity contribution in [3.05, 3.63) is 94.8 Å². The van der Waals surface area contributed by atoms with Crippen molar-refractivity contribution in [3.8, 4) is 5.75 Å². The normalized spacial score (nSPS) is 16.0. The van der Waals surface area contributed by atoms with Crippen molar-refractivity contribution in [1.82, 2.24) is 15.2 Å². The van der Waals surface area contributed by atoms with Crippen molar-refractivity contribution < 1.29 is 13.5 Å². The molecular formula is C26H28ClF2N3O. The van der Waals surface area contributed by atoms with Crippen LogP contribution >= 0.6 is 11.6 Å². The minimum absolute atomic E-state index is 0.0102. The molecule has 0 spiro atoms. The molecule has 7 heteroatoms. The SMILES string of the molecule is Fc1ccc(F)c(OCCN2CCC(CN[C@@H](c3ccc(Cl)cc3)c3ccccn3)CC2)c1. The van der Waals surface area contributed by atoms with E-state index in [1.54, 1.807) is 0 Å². The van der Waals surface area contributed by atoms with Gasteiger partial charge in [0.2, 0.25) is 0 Å². The highest BCUT2D eigenvalue weighted by atomic mass is 35.5. The molecule has 1 aromatic heterocycles. The second-order valence-corrected chi connectivity index (χ2v) is 8.79. The van der Waals surface area contributed by atoms with Crippen molar-refractivity contribution in [1.29, 1.82) is 0 Å². The maximum absolute atomic E-state index is 13.7. The van der Waals surface area contributed by atoms with Crippen molar-refractivity contribution in [2.75, 3.05) is 32.8 Å². The summed E-state index contributed by atoms with van der Waals surface area (Å²) in [5, 5.41) is 4.42. The Labute approximate surface area is 198 Å². The lowest BCUT2D eigenvalue weighted by Gasteiger charge is -2.33. The first-order valence-corrected chi connectivity index (χ1v) is 11.7. The van der Waals surface area contributed by atoms with Gasteiger partial charge in [0.15, 0.2) is 11.6 Å². The highest BCUT2D eigenvalue weighted by molar-refractivity contribution is 6.30. The fraction of sp³-hybridized carbons (Fsp3) is 0.346. The Morgan fingerprint density at radius 1 is 1.06 bits per heavy atom. The molecule has 1 N–H and O–H groups in total. The van der Waals surface area contributed by atoms with Crippen molar-refractivity contribution in [3.63, 3.8) is 0 Å². The molecule has 174 valence electrons. The van der Waals surface area contributed by atoms with Crippen LogP contribution in [-0.2, 0) is 0 Å². The van der Waals surface area contributed by atoms with Crippen LogP contribution in [0, 0.1) is 17.6 Å². The van der Waals surface area contributed by atoms with Crippen LogP contribution in [0.2, 0.25) is 5.02 Å². The number of nitrogens with zero attached hydrogens (tertiary/aromatic N) is 2. The van der Waals surface area contributed by atoms with Crippen LogP contribution in [0.15, 0.2) is 66.9 Å². The number of nitrogens with one attached hydrogen (secondary N) is 1. The number of halogens is 3. The van der Waals surface area contributed by atoms with E-state index >= 15 is 0 Å². The van der Waals surface area contributed by atoms with Crippen LogP contribution in [-0.4, -0.2) is 42.7 Å². The molecule has 1 fully saturated rings. The van der Waals surface area contributed by atoms with E-state index in [0.717, 1.165) is 67.0 Å². The van der Waals surface area contributed by atoms with Crippen LogP contribution in [0.1, 0.15) is 30.1 Å². The first kappa shape index (κ1) is 23.6. The Bertz CT molecular complexity index is 1010. The van der Waals surface area contributed by atoms with Gasteiger partial charge in [-0.15, -0.1) is 0 Å². The summed E-state index contributed by atoms with van der Waals surface area (Å²) in [6, 6.07) is 17.1. The third-order valence-corrected chi connectivity index (χ3v) is 6.31. The fourth-order valence-electron chi connectivity index (χ4n) is 4.17. The van der Waals surface area contributed by atoms with E-state index in [1.165, 1.54) is 0 Å². The third-order valence-electron chi connectivity index (χ3n) is 6.06. The molecule has 0 bridgehead atoms. The summed E-state index contributed by atoms with van der Waals surface area (Å²) in [5.41, 5.74) is 2.12. The molecule has 0 unspecified atom stereocenters. The van der Waals surface area contributed by atoms with Gasteiger partial charge in [-0.25, -0.2) is 8.78 Å². The van der Waals surface area contributed by atoms with E-state index in [4.69, 9.17) is 16.3 Å². The van der Waals surface area contributed by atoms with E-state index < -0.39 is 11.6 Å². The van der Waals surface area contributed by atoms with Crippen LogP contribution in [0.25, 0.3) is 0 Å². The molecule has 33 heavy (non-hydrogen) atoms. The summed E-state index contributed by atoms with van der Waals surface area (Å²) >= 11 is 6.08. The predicted molar refractivity (Wildman–Crippen MR) is 127 cm³/mol. The lowest BCUT2D eigenvalue weighted by Crippen LogP contribution is -2.40. The second-order valence-electron chi connectivity index (χ2n) is 8.36. The Morgan fingerprint density at radius 2 is 1.85 bits per heavy atom. The topological polar surface area (TPSA) is 37.4 Å². The molecular weight excluding hydrogens is 444 g/mol. The zero-order valence-corrected chi connectivity index (χ0v) is 19.1. The molecule has 0 amide bonds.